The largest absolute Gasteiger partial charge is 0.385 e. The summed E-state index contributed by atoms with van der Waals surface area (Å²) in [7, 11) is 3.65. The topological polar surface area (TPSA) is 56.6 Å². The zero-order valence-electron chi connectivity index (χ0n) is 16.3. The van der Waals surface area contributed by atoms with E-state index >= 15 is 0 Å². The summed E-state index contributed by atoms with van der Waals surface area (Å²) in [5.74, 6) is 0.703. The van der Waals surface area contributed by atoms with E-state index in [2.05, 4.69) is 5.10 Å². The molecule has 2 fully saturated rings. The van der Waals surface area contributed by atoms with Crippen LogP contribution >= 0.6 is 0 Å². The summed E-state index contributed by atoms with van der Waals surface area (Å²) in [6.07, 6.45) is 5.13. The second-order valence-electron chi connectivity index (χ2n) is 7.95. The van der Waals surface area contributed by atoms with Crippen LogP contribution in [0.2, 0.25) is 0 Å². The molecule has 0 aliphatic carbocycles. The Kier molecular flexibility index (Phi) is 5.19. The fourth-order valence-corrected chi connectivity index (χ4v) is 4.65. The van der Waals surface area contributed by atoms with Gasteiger partial charge in [-0.15, -0.1) is 0 Å². The number of rotatable bonds is 4. The summed E-state index contributed by atoms with van der Waals surface area (Å²) in [4.78, 5) is 15.0. The molecule has 6 heteroatoms. The lowest BCUT2D eigenvalue weighted by molar-refractivity contribution is -0.125. The second-order valence-corrected chi connectivity index (χ2v) is 7.95. The van der Waals surface area contributed by atoms with Gasteiger partial charge in [-0.25, -0.2) is 0 Å². The number of benzene rings is 1. The third-order valence-corrected chi connectivity index (χ3v) is 6.25. The van der Waals surface area contributed by atoms with Gasteiger partial charge in [0.15, 0.2) is 5.69 Å². The molecule has 2 aliphatic heterocycles. The number of aromatic nitrogens is 2. The molecule has 146 valence electrons. The third-order valence-electron chi connectivity index (χ3n) is 6.25. The number of piperidine rings is 1. The first-order chi connectivity index (χ1) is 13.1. The van der Waals surface area contributed by atoms with E-state index in [9.17, 15) is 4.79 Å². The standard InChI is InChI=1S/C21H29N3O3/c1-23-18-6-4-3-5-17(18)19(22-23)20(25)24-11-9-21(10-12-24)15-16(7-13-26-2)8-14-27-21/h3-6,16H,7-15H2,1-2H3. The number of likely N-dealkylation sites (tertiary alicyclic amines) is 1. The van der Waals surface area contributed by atoms with E-state index in [4.69, 9.17) is 9.47 Å². The van der Waals surface area contributed by atoms with Crippen LogP contribution in [-0.2, 0) is 16.5 Å². The Morgan fingerprint density at radius 1 is 1.33 bits per heavy atom. The molecular weight excluding hydrogens is 342 g/mol. The third kappa shape index (κ3) is 3.60. The summed E-state index contributed by atoms with van der Waals surface area (Å²) < 4.78 is 13.3. The molecule has 1 unspecified atom stereocenters. The number of para-hydroxylation sites is 1. The Hall–Kier alpha value is -1.92. The number of amides is 1. The molecular formula is C21H29N3O3. The monoisotopic (exact) mass is 371 g/mol. The van der Waals surface area contributed by atoms with Crippen LogP contribution in [0.4, 0.5) is 0 Å². The molecule has 27 heavy (non-hydrogen) atoms. The van der Waals surface area contributed by atoms with Crippen molar-refractivity contribution in [2.24, 2.45) is 13.0 Å². The van der Waals surface area contributed by atoms with E-state index in [0.717, 1.165) is 69.3 Å². The van der Waals surface area contributed by atoms with Gasteiger partial charge in [0.25, 0.3) is 5.91 Å². The zero-order valence-corrected chi connectivity index (χ0v) is 16.3. The number of hydrogen-bond donors (Lipinski definition) is 0. The Morgan fingerprint density at radius 2 is 2.11 bits per heavy atom. The van der Waals surface area contributed by atoms with E-state index < -0.39 is 0 Å². The van der Waals surface area contributed by atoms with E-state index in [1.807, 2.05) is 36.2 Å². The van der Waals surface area contributed by atoms with Gasteiger partial charge in [-0.2, -0.15) is 5.10 Å². The van der Waals surface area contributed by atoms with E-state index in [-0.39, 0.29) is 11.5 Å². The highest BCUT2D eigenvalue weighted by Gasteiger charge is 2.41. The number of nitrogens with zero attached hydrogens (tertiary/aromatic N) is 3. The van der Waals surface area contributed by atoms with Crippen molar-refractivity contribution in [3.63, 3.8) is 0 Å². The number of fused-ring (bicyclic) bond motifs is 1. The first-order valence-corrected chi connectivity index (χ1v) is 9.96. The first-order valence-electron chi connectivity index (χ1n) is 9.96. The predicted molar refractivity (Wildman–Crippen MR) is 104 cm³/mol. The van der Waals surface area contributed by atoms with Crippen molar-refractivity contribution in [3.05, 3.63) is 30.0 Å². The smallest absolute Gasteiger partial charge is 0.275 e. The number of hydrogen-bond acceptors (Lipinski definition) is 4. The molecule has 1 amide bonds. The molecule has 1 spiro atoms. The Morgan fingerprint density at radius 3 is 2.89 bits per heavy atom. The molecule has 1 aromatic carbocycles. The number of ether oxygens (including phenoxy) is 2. The molecule has 0 bridgehead atoms. The minimum atomic E-state index is -0.0559. The molecule has 2 aromatic rings. The van der Waals surface area contributed by atoms with Crippen molar-refractivity contribution in [2.45, 2.75) is 37.7 Å². The average molecular weight is 371 g/mol. The summed E-state index contributed by atoms with van der Waals surface area (Å²) in [6.45, 7) is 3.12. The van der Waals surface area contributed by atoms with Crippen molar-refractivity contribution in [3.8, 4) is 0 Å². The number of carbonyl (C=O) groups excluding carboxylic acids is 1. The second kappa shape index (κ2) is 7.60. The zero-order chi connectivity index (χ0) is 18.9. The van der Waals surface area contributed by atoms with Gasteiger partial charge < -0.3 is 14.4 Å². The lowest BCUT2D eigenvalue weighted by atomic mass is 9.78. The van der Waals surface area contributed by atoms with Crippen LogP contribution in [0.15, 0.2) is 24.3 Å². The minimum Gasteiger partial charge on any atom is -0.385 e. The molecule has 0 radical (unpaired) electrons. The van der Waals surface area contributed by atoms with Crippen molar-refractivity contribution in [1.29, 1.82) is 0 Å². The minimum absolute atomic E-state index is 0.0355. The van der Waals surface area contributed by atoms with Crippen LogP contribution in [-0.4, -0.2) is 59.6 Å². The molecule has 3 heterocycles. The van der Waals surface area contributed by atoms with Gasteiger partial charge in [0.1, 0.15) is 0 Å². The molecule has 2 saturated heterocycles. The lowest BCUT2D eigenvalue weighted by Gasteiger charge is -2.46. The van der Waals surface area contributed by atoms with Crippen molar-refractivity contribution < 1.29 is 14.3 Å². The van der Waals surface area contributed by atoms with Crippen molar-refractivity contribution in [1.82, 2.24) is 14.7 Å². The number of carbonyl (C=O) groups is 1. The van der Waals surface area contributed by atoms with Crippen LogP contribution in [0.1, 0.15) is 42.6 Å². The molecule has 0 N–H and O–H groups in total. The van der Waals surface area contributed by atoms with E-state index in [0.29, 0.717) is 11.6 Å². The van der Waals surface area contributed by atoms with Gasteiger partial charge in [0.2, 0.25) is 0 Å². The van der Waals surface area contributed by atoms with Crippen LogP contribution < -0.4 is 0 Å². The highest BCUT2D eigenvalue weighted by molar-refractivity contribution is 6.04. The first kappa shape index (κ1) is 18.4. The Bertz CT molecular complexity index is 808. The van der Waals surface area contributed by atoms with Crippen LogP contribution in [0, 0.1) is 5.92 Å². The van der Waals surface area contributed by atoms with Crippen molar-refractivity contribution >= 4 is 16.8 Å². The normalized spacial score (nSPS) is 22.4. The molecule has 4 rings (SSSR count). The van der Waals surface area contributed by atoms with Gasteiger partial charge >= 0.3 is 0 Å². The molecule has 2 aliphatic rings. The fourth-order valence-electron chi connectivity index (χ4n) is 4.65. The maximum atomic E-state index is 13.1. The fraction of sp³-hybridized carbons (Fsp3) is 0.619. The summed E-state index contributed by atoms with van der Waals surface area (Å²) in [5, 5.41) is 5.42. The van der Waals surface area contributed by atoms with Crippen LogP contribution in [0.5, 0.6) is 0 Å². The number of aryl methyl sites for hydroxylation is 1. The maximum absolute atomic E-state index is 13.1. The lowest BCUT2D eigenvalue weighted by Crippen LogP contribution is -2.51. The Balaban J connectivity index is 1.43. The number of methoxy groups -OCH3 is 1. The van der Waals surface area contributed by atoms with Gasteiger partial charge in [0, 0.05) is 45.8 Å². The van der Waals surface area contributed by atoms with Crippen molar-refractivity contribution in [2.75, 3.05) is 33.4 Å². The highest BCUT2D eigenvalue weighted by atomic mass is 16.5. The summed E-state index contributed by atoms with van der Waals surface area (Å²) >= 11 is 0. The molecule has 1 atom stereocenters. The van der Waals surface area contributed by atoms with Gasteiger partial charge in [-0.1, -0.05) is 18.2 Å². The molecule has 0 saturated carbocycles. The average Bonchev–Trinajstić information content (AvgIpc) is 3.04. The van der Waals surface area contributed by atoms with Crippen LogP contribution in [0.25, 0.3) is 10.9 Å². The SMILES string of the molecule is COCCC1CCOC2(CCN(C(=O)c3nn(C)c4ccccc34)CC2)C1. The molecule has 6 nitrogen and oxygen atoms in total. The Labute approximate surface area is 160 Å². The quantitative estimate of drug-likeness (QED) is 0.829. The summed E-state index contributed by atoms with van der Waals surface area (Å²) in [5.41, 5.74) is 1.50. The summed E-state index contributed by atoms with van der Waals surface area (Å²) in [6, 6.07) is 7.91. The predicted octanol–water partition coefficient (Wildman–Crippen LogP) is 3.01. The van der Waals surface area contributed by atoms with Crippen LogP contribution in [0.3, 0.4) is 0 Å². The van der Waals surface area contributed by atoms with Gasteiger partial charge in [-0.3, -0.25) is 9.48 Å². The van der Waals surface area contributed by atoms with Gasteiger partial charge in [-0.05, 0) is 44.1 Å². The van der Waals surface area contributed by atoms with Gasteiger partial charge in [0.05, 0.1) is 11.1 Å². The van der Waals surface area contributed by atoms with E-state index in [1.54, 1.807) is 11.8 Å². The maximum Gasteiger partial charge on any atom is 0.275 e. The van der Waals surface area contributed by atoms with E-state index in [1.165, 1.54) is 0 Å². The highest BCUT2D eigenvalue weighted by Crippen LogP contribution is 2.39. The molecule has 1 aromatic heterocycles.